The summed E-state index contributed by atoms with van der Waals surface area (Å²) in [6.45, 7) is 1.82. The Bertz CT molecular complexity index is 652. The standard InChI is InChI=1S/C16H18N2O3/c1-11(9-14(19)12-5-3-2-4-6-12)18-16(21)13-7-8-17-15(20)10-13/h2-8,10-11,14,19H,9H2,1H3,(H,17,20)(H,18,21). The van der Waals surface area contributed by atoms with Crippen LogP contribution in [0.25, 0.3) is 0 Å². The van der Waals surface area contributed by atoms with Crippen LogP contribution in [0.5, 0.6) is 0 Å². The molecule has 1 amide bonds. The Morgan fingerprint density at radius 3 is 2.67 bits per heavy atom. The van der Waals surface area contributed by atoms with Gasteiger partial charge in [-0.2, -0.15) is 0 Å². The average molecular weight is 286 g/mol. The minimum Gasteiger partial charge on any atom is -0.388 e. The number of amides is 1. The zero-order chi connectivity index (χ0) is 15.2. The molecule has 0 fully saturated rings. The molecule has 1 aromatic heterocycles. The Morgan fingerprint density at radius 2 is 2.00 bits per heavy atom. The van der Waals surface area contributed by atoms with Gasteiger partial charge in [-0.3, -0.25) is 9.59 Å². The van der Waals surface area contributed by atoms with E-state index in [0.29, 0.717) is 12.0 Å². The molecule has 2 rings (SSSR count). The molecule has 0 bridgehead atoms. The number of carbonyl (C=O) groups is 1. The van der Waals surface area contributed by atoms with Crippen molar-refractivity contribution < 1.29 is 9.90 Å². The summed E-state index contributed by atoms with van der Waals surface area (Å²) in [5.74, 6) is -0.325. The number of nitrogens with one attached hydrogen (secondary N) is 2. The average Bonchev–Trinajstić information content (AvgIpc) is 2.48. The molecule has 0 spiro atoms. The Hall–Kier alpha value is -2.40. The van der Waals surface area contributed by atoms with Gasteiger partial charge in [0.2, 0.25) is 5.56 Å². The molecular weight excluding hydrogens is 268 g/mol. The molecule has 1 heterocycles. The van der Waals surface area contributed by atoms with Crippen LogP contribution < -0.4 is 10.9 Å². The van der Waals surface area contributed by atoms with Gasteiger partial charge >= 0.3 is 0 Å². The summed E-state index contributed by atoms with van der Waals surface area (Å²) < 4.78 is 0. The molecule has 2 atom stereocenters. The highest BCUT2D eigenvalue weighted by molar-refractivity contribution is 5.94. The first kappa shape index (κ1) is 15.0. The first-order valence-electron chi connectivity index (χ1n) is 6.79. The van der Waals surface area contributed by atoms with Gasteiger partial charge in [-0.1, -0.05) is 30.3 Å². The highest BCUT2D eigenvalue weighted by Gasteiger charge is 2.15. The predicted molar refractivity (Wildman–Crippen MR) is 80.0 cm³/mol. The lowest BCUT2D eigenvalue weighted by molar-refractivity contribution is 0.0916. The van der Waals surface area contributed by atoms with Crippen LogP contribution in [0.2, 0.25) is 0 Å². The van der Waals surface area contributed by atoms with Gasteiger partial charge in [0, 0.05) is 23.9 Å². The van der Waals surface area contributed by atoms with E-state index in [1.54, 1.807) is 0 Å². The summed E-state index contributed by atoms with van der Waals surface area (Å²) in [6, 6.07) is 11.9. The van der Waals surface area contributed by atoms with Crippen molar-refractivity contribution in [1.82, 2.24) is 10.3 Å². The second-order valence-electron chi connectivity index (χ2n) is 4.98. The quantitative estimate of drug-likeness (QED) is 0.781. The minimum atomic E-state index is -0.638. The number of hydrogen-bond donors (Lipinski definition) is 3. The van der Waals surface area contributed by atoms with Crippen molar-refractivity contribution in [3.05, 3.63) is 70.1 Å². The maximum atomic E-state index is 12.0. The summed E-state index contributed by atoms with van der Waals surface area (Å²) in [5, 5.41) is 12.9. The molecule has 21 heavy (non-hydrogen) atoms. The second-order valence-corrected chi connectivity index (χ2v) is 4.98. The number of aromatic amines is 1. The van der Waals surface area contributed by atoms with Crippen molar-refractivity contribution in [2.75, 3.05) is 0 Å². The number of hydrogen-bond acceptors (Lipinski definition) is 3. The van der Waals surface area contributed by atoms with E-state index in [-0.39, 0.29) is 17.5 Å². The number of rotatable bonds is 5. The van der Waals surface area contributed by atoms with Gasteiger partial charge in [-0.05, 0) is 25.0 Å². The summed E-state index contributed by atoms with van der Waals surface area (Å²) >= 11 is 0. The molecule has 2 aromatic rings. The number of pyridine rings is 1. The first-order chi connectivity index (χ1) is 10.1. The van der Waals surface area contributed by atoms with Gasteiger partial charge in [0.1, 0.15) is 0 Å². The summed E-state index contributed by atoms with van der Waals surface area (Å²) in [4.78, 5) is 25.6. The van der Waals surface area contributed by atoms with Crippen molar-refractivity contribution in [3.63, 3.8) is 0 Å². The highest BCUT2D eigenvalue weighted by atomic mass is 16.3. The second kappa shape index (κ2) is 6.85. The molecule has 0 aliphatic heterocycles. The van der Waals surface area contributed by atoms with Crippen molar-refractivity contribution in [1.29, 1.82) is 0 Å². The zero-order valence-electron chi connectivity index (χ0n) is 11.7. The van der Waals surface area contributed by atoms with Crippen LogP contribution in [0, 0.1) is 0 Å². The minimum absolute atomic E-state index is 0.216. The van der Waals surface area contributed by atoms with Crippen molar-refractivity contribution in [3.8, 4) is 0 Å². The molecule has 5 nitrogen and oxygen atoms in total. The van der Waals surface area contributed by atoms with Gasteiger partial charge in [-0.25, -0.2) is 0 Å². The van der Waals surface area contributed by atoms with Crippen LogP contribution in [-0.2, 0) is 0 Å². The normalized spacial score (nSPS) is 13.4. The monoisotopic (exact) mass is 286 g/mol. The van der Waals surface area contributed by atoms with E-state index in [0.717, 1.165) is 5.56 Å². The first-order valence-corrected chi connectivity index (χ1v) is 6.79. The van der Waals surface area contributed by atoms with Crippen LogP contribution in [0.15, 0.2) is 53.5 Å². The molecule has 110 valence electrons. The lowest BCUT2D eigenvalue weighted by Crippen LogP contribution is -2.34. The molecule has 0 saturated carbocycles. The van der Waals surface area contributed by atoms with Crippen LogP contribution in [0.4, 0.5) is 0 Å². The number of aromatic nitrogens is 1. The third-order valence-corrected chi connectivity index (χ3v) is 3.18. The fourth-order valence-electron chi connectivity index (χ4n) is 2.10. The highest BCUT2D eigenvalue weighted by Crippen LogP contribution is 2.17. The molecule has 0 aliphatic rings. The Morgan fingerprint density at radius 1 is 1.29 bits per heavy atom. The molecule has 1 aromatic carbocycles. The van der Waals surface area contributed by atoms with Gasteiger partial charge in [0.05, 0.1) is 6.10 Å². The number of H-pyrrole nitrogens is 1. The van der Waals surface area contributed by atoms with Crippen molar-refractivity contribution >= 4 is 5.91 Å². The number of aliphatic hydroxyl groups excluding tert-OH is 1. The van der Waals surface area contributed by atoms with Crippen LogP contribution in [-0.4, -0.2) is 22.0 Å². The fourth-order valence-corrected chi connectivity index (χ4v) is 2.10. The number of carbonyl (C=O) groups excluding carboxylic acids is 1. The van der Waals surface area contributed by atoms with E-state index in [2.05, 4.69) is 10.3 Å². The van der Waals surface area contributed by atoms with Crippen LogP contribution in [0.1, 0.15) is 35.4 Å². The lowest BCUT2D eigenvalue weighted by Gasteiger charge is -2.18. The molecule has 0 saturated heterocycles. The molecule has 0 aliphatic carbocycles. The van der Waals surface area contributed by atoms with Gasteiger partial charge < -0.3 is 15.4 Å². The SMILES string of the molecule is CC(CC(O)c1ccccc1)NC(=O)c1cc[nH]c(=O)c1. The molecule has 0 radical (unpaired) electrons. The molecular formula is C16H18N2O3. The summed E-state index contributed by atoms with van der Waals surface area (Å²) in [6.07, 6.45) is 1.19. The molecule has 3 N–H and O–H groups in total. The zero-order valence-corrected chi connectivity index (χ0v) is 11.7. The van der Waals surface area contributed by atoms with E-state index < -0.39 is 6.10 Å². The summed E-state index contributed by atoms with van der Waals surface area (Å²) in [5.41, 5.74) is 0.800. The molecule has 5 heteroatoms. The Kier molecular flexibility index (Phi) is 4.90. The van der Waals surface area contributed by atoms with Crippen LogP contribution >= 0.6 is 0 Å². The van der Waals surface area contributed by atoms with E-state index in [1.807, 2.05) is 37.3 Å². The van der Waals surface area contributed by atoms with Crippen molar-refractivity contribution in [2.45, 2.75) is 25.5 Å². The Balaban J connectivity index is 1.94. The predicted octanol–water partition coefficient (Wildman–Crippen LogP) is 1.62. The van der Waals surface area contributed by atoms with Gasteiger partial charge in [-0.15, -0.1) is 0 Å². The van der Waals surface area contributed by atoms with Crippen LogP contribution in [0.3, 0.4) is 0 Å². The third-order valence-electron chi connectivity index (χ3n) is 3.18. The maximum Gasteiger partial charge on any atom is 0.251 e. The van der Waals surface area contributed by atoms with E-state index >= 15 is 0 Å². The third kappa shape index (κ3) is 4.29. The van der Waals surface area contributed by atoms with Gasteiger partial charge in [0.25, 0.3) is 5.91 Å². The topological polar surface area (TPSA) is 82.2 Å². The Labute approximate surface area is 122 Å². The number of benzene rings is 1. The van der Waals surface area contributed by atoms with E-state index in [9.17, 15) is 14.7 Å². The molecule has 2 unspecified atom stereocenters. The van der Waals surface area contributed by atoms with E-state index in [4.69, 9.17) is 0 Å². The van der Waals surface area contributed by atoms with Gasteiger partial charge in [0.15, 0.2) is 0 Å². The smallest absolute Gasteiger partial charge is 0.251 e. The fraction of sp³-hybridized carbons (Fsp3) is 0.250. The maximum absolute atomic E-state index is 12.0. The van der Waals surface area contributed by atoms with Crippen molar-refractivity contribution in [2.24, 2.45) is 0 Å². The largest absolute Gasteiger partial charge is 0.388 e. The van der Waals surface area contributed by atoms with E-state index in [1.165, 1.54) is 18.3 Å². The summed E-state index contributed by atoms with van der Waals surface area (Å²) in [7, 11) is 0. The lowest BCUT2D eigenvalue weighted by atomic mass is 10.0. The number of aliphatic hydroxyl groups is 1.